The number of hydrogen-bond acceptors (Lipinski definition) is 3. The van der Waals surface area contributed by atoms with Crippen molar-refractivity contribution in [3.05, 3.63) is 55.0 Å². The van der Waals surface area contributed by atoms with Gasteiger partial charge in [-0.05, 0) is 23.6 Å². The molecule has 3 aromatic rings. The van der Waals surface area contributed by atoms with Crippen LogP contribution in [0.2, 0.25) is 0 Å². The van der Waals surface area contributed by atoms with E-state index in [4.69, 9.17) is 5.73 Å². The molecule has 2 heterocycles. The Labute approximate surface area is 98.9 Å². The number of nitrogens with two attached hydrogens (primary N) is 1. The van der Waals surface area contributed by atoms with Crippen molar-refractivity contribution in [2.24, 2.45) is 0 Å². The van der Waals surface area contributed by atoms with Crippen LogP contribution in [0, 0.1) is 0 Å². The molecule has 0 saturated heterocycles. The normalized spacial score (nSPS) is 10.6. The van der Waals surface area contributed by atoms with Crippen molar-refractivity contribution in [1.82, 2.24) is 9.97 Å². The van der Waals surface area contributed by atoms with Crippen LogP contribution < -0.4 is 5.73 Å². The molecule has 2 N–H and O–H groups in total. The fraction of sp³-hybridized carbons (Fsp3) is 0. The molecule has 0 bridgehead atoms. The molecular formula is C14H11N3. The summed E-state index contributed by atoms with van der Waals surface area (Å²) >= 11 is 0. The molecular weight excluding hydrogens is 210 g/mol. The SMILES string of the molecule is Nc1ccnc(-c2cccc3ccncc23)c1. The van der Waals surface area contributed by atoms with Crippen molar-refractivity contribution in [3.8, 4) is 11.3 Å². The maximum absolute atomic E-state index is 5.78. The Hall–Kier alpha value is -2.42. The number of aromatic nitrogens is 2. The molecule has 2 aromatic heterocycles. The van der Waals surface area contributed by atoms with Crippen LogP contribution in [0.15, 0.2) is 55.0 Å². The van der Waals surface area contributed by atoms with Gasteiger partial charge in [0.2, 0.25) is 0 Å². The first-order chi connectivity index (χ1) is 8.34. The lowest BCUT2D eigenvalue weighted by molar-refractivity contribution is 1.32. The van der Waals surface area contributed by atoms with Crippen molar-refractivity contribution in [2.75, 3.05) is 5.73 Å². The molecule has 82 valence electrons. The Kier molecular flexibility index (Phi) is 2.22. The van der Waals surface area contributed by atoms with E-state index in [0.29, 0.717) is 0 Å². The quantitative estimate of drug-likeness (QED) is 0.687. The highest BCUT2D eigenvalue weighted by molar-refractivity contribution is 5.95. The number of nitrogen functional groups attached to an aromatic ring is 1. The predicted molar refractivity (Wildman–Crippen MR) is 69.4 cm³/mol. The number of rotatable bonds is 1. The Morgan fingerprint density at radius 3 is 2.82 bits per heavy atom. The van der Waals surface area contributed by atoms with Gasteiger partial charge in [-0.25, -0.2) is 0 Å². The number of nitrogens with zero attached hydrogens (tertiary/aromatic N) is 2. The van der Waals surface area contributed by atoms with Gasteiger partial charge in [0.15, 0.2) is 0 Å². The summed E-state index contributed by atoms with van der Waals surface area (Å²) in [5, 5.41) is 2.25. The summed E-state index contributed by atoms with van der Waals surface area (Å²) in [5.74, 6) is 0. The zero-order valence-electron chi connectivity index (χ0n) is 9.17. The number of fused-ring (bicyclic) bond motifs is 1. The summed E-state index contributed by atoms with van der Waals surface area (Å²) < 4.78 is 0. The standard InChI is InChI=1S/C14H11N3/c15-11-5-7-17-14(8-11)12-3-1-2-10-4-6-16-9-13(10)12/h1-9H,(H2,15,17). The second-order valence-electron chi connectivity index (χ2n) is 3.88. The van der Waals surface area contributed by atoms with Crippen molar-refractivity contribution in [2.45, 2.75) is 0 Å². The maximum Gasteiger partial charge on any atom is 0.0729 e. The van der Waals surface area contributed by atoms with Crippen LogP contribution >= 0.6 is 0 Å². The minimum atomic E-state index is 0.718. The van der Waals surface area contributed by atoms with Gasteiger partial charge < -0.3 is 5.73 Å². The Morgan fingerprint density at radius 2 is 1.94 bits per heavy atom. The molecule has 0 amide bonds. The number of anilines is 1. The highest BCUT2D eigenvalue weighted by atomic mass is 14.7. The molecule has 0 unspecified atom stereocenters. The minimum absolute atomic E-state index is 0.718. The highest BCUT2D eigenvalue weighted by Gasteiger charge is 2.04. The van der Waals surface area contributed by atoms with E-state index >= 15 is 0 Å². The largest absolute Gasteiger partial charge is 0.399 e. The third-order valence-electron chi connectivity index (χ3n) is 2.74. The van der Waals surface area contributed by atoms with Gasteiger partial charge in [-0.1, -0.05) is 18.2 Å². The van der Waals surface area contributed by atoms with Crippen LogP contribution in [-0.2, 0) is 0 Å². The van der Waals surface area contributed by atoms with Crippen LogP contribution in [0.5, 0.6) is 0 Å². The molecule has 17 heavy (non-hydrogen) atoms. The van der Waals surface area contributed by atoms with Gasteiger partial charge in [0.05, 0.1) is 5.69 Å². The number of hydrogen-bond donors (Lipinski definition) is 1. The molecule has 0 aliphatic carbocycles. The van der Waals surface area contributed by atoms with E-state index in [2.05, 4.69) is 16.0 Å². The topological polar surface area (TPSA) is 51.8 Å². The first kappa shape index (κ1) is 9.78. The van der Waals surface area contributed by atoms with Crippen LogP contribution in [0.4, 0.5) is 5.69 Å². The average Bonchev–Trinajstić information content (AvgIpc) is 2.38. The van der Waals surface area contributed by atoms with Gasteiger partial charge in [-0.2, -0.15) is 0 Å². The molecule has 0 atom stereocenters. The van der Waals surface area contributed by atoms with Crippen molar-refractivity contribution >= 4 is 16.5 Å². The van der Waals surface area contributed by atoms with Crippen molar-refractivity contribution < 1.29 is 0 Å². The van der Waals surface area contributed by atoms with Gasteiger partial charge in [-0.3, -0.25) is 9.97 Å². The Morgan fingerprint density at radius 1 is 1.00 bits per heavy atom. The molecule has 3 nitrogen and oxygen atoms in total. The average molecular weight is 221 g/mol. The van der Waals surface area contributed by atoms with E-state index in [9.17, 15) is 0 Å². The third kappa shape index (κ3) is 1.72. The Bertz CT molecular complexity index is 672. The monoisotopic (exact) mass is 221 g/mol. The van der Waals surface area contributed by atoms with Gasteiger partial charge in [-0.15, -0.1) is 0 Å². The molecule has 3 rings (SSSR count). The lowest BCUT2D eigenvalue weighted by Gasteiger charge is -2.05. The van der Waals surface area contributed by atoms with Crippen LogP contribution in [0.25, 0.3) is 22.0 Å². The van der Waals surface area contributed by atoms with Crippen LogP contribution in [0.1, 0.15) is 0 Å². The number of benzene rings is 1. The van der Waals surface area contributed by atoms with E-state index in [-0.39, 0.29) is 0 Å². The summed E-state index contributed by atoms with van der Waals surface area (Å²) in [5.41, 5.74) is 8.44. The summed E-state index contributed by atoms with van der Waals surface area (Å²) in [6, 6.07) is 11.8. The number of pyridine rings is 2. The third-order valence-corrected chi connectivity index (χ3v) is 2.74. The van der Waals surface area contributed by atoms with Gasteiger partial charge in [0.1, 0.15) is 0 Å². The molecule has 1 aromatic carbocycles. The van der Waals surface area contributed by atoms with E-state index in [1.54, 1.807) is 18.5 Å². The van der Waals surface area contributed by atoms with E-state index < -0.39 is 0 Å². The lowest BCUT2D eigenvalue weighted by atomic mass is 10.0. The molecule has 0 radical (unpaired) electrons. The van der Waals surface area contributed by atoms with Gasteiger partial charge in [0, 0.05) is 35.2 Å². The van der Waals surface area contributed by atoms with Gasteiger partial charge >= 0.3 is 0 Å². The molecule has 0 saturated carbocycles. The van der Waals surface area contributed by atoms with E-state index in [1.807, 2.05) is 30.5 Å². The molecule has 0 aliphatic heterocycles. The smallest absolute Gasteiger partial charge is 0.0729 e. The molecule has 3 heteroatoms. The highest BCUT2D eigenvalue weighted by Crippen LogP contribution is 2.27. The second-order valence-corrected chi connectivity index (χ2v) is 3.88. The lowest BCUT2D eigenvalue weighted by Crippen LogP contribution is -1.89. The minimum Gasteiger partial charge on any atom is -0.399 e. The summed E-state index contributed by atoms with van der Waals surface area (Å²) in [6.07, 6.45) is 5.37. The first-order valence-corrected chi connectivity index (χ1v) is 5.39. The van der Waals surface area contributed by atoms with Crippen molar-refractivity contribution in [3.63, 3.8) is 0 Å². The zero-order chi connectivity index (χ0) is 11.7. The fourth-order valence-corrected chi connectivity index (χ4v) is 1.93. The summed E-state index contributed by atoms with van der Waals surface area (Å²) in [7, 11) is 0. The van der Waals surface area contributed by atoms with Crippen LogP contribution in [0.3, 0.4) is 0 Å². The predicted octanol–water partition coefficient (Wildman–Crippen LogP) is 2.88. The second kappa shape index (κ2) is 3.87. The zero-order valence-corrected chi connectivity index (χ0v) is 9.17. The fourth-order valence-electron chi connectivity index (χ4n) is 1.93. The maximum atomic E-state index is 5.78. The van der Waals surface area contributed by atoms with E-state index in [1.165, 1.54) is 0 Å². The Balaban J connectivity index is 2.30. The molecule has 0 spiro atoms. The first-order valence-electron chi connectivity index (χ1n) is 5.39. The summed E-state index contributed by atoms with van der Waals surface area (Å²) in [4.78, 5) is 8.51. The van der Waals surface area contributed by atoms with E-state index in [0.717, 1.165) is 27.7 Å². The van der Waals surface area contributed by atoms with Gasteiger partial charge in [0.25, 0.3) is 0 Å². The molecule has 0 fully saturated rings. The van der Waals surface area contributed by atoms with Crippen LogP contribution in [-0.4, -0.2) is 9.97 Å². The summed E-state index contributed by atoms with van der Waals surface area (Å²) in [6.45, 7) is 0. The van der Waals surface area contributed by atoms with Crippen molar-refractivity contribution in [1.29, 1.82) is 0 Å². The molecule has 0 aliphatic rings.